The van der Waals surface area contributed by atoms with Crippen molar-refractivity contribution < 1.29 is 14.8 Å². The molecule has 15 nitrogen and oxygen atoms in total. The summed E-state index contributed by atoms with van der Waals surface area (Å²) in [5.41, 5.74) is -0.538. The van der Waals surface area contributed by atoms with E-state index in [1.165, 1.54) is 54.6 Å². The minimum Gasteiger partial charge on any atom is -0.318 e. The van der Waals surface area contributed by atoms with Gasteiger partial charge in [-0.1, -0.05) is 36.4 Å². The van der Waals surface area contributed by atoms with Gasteiger partial charge < -0.3 is 16.0 Å². The highest BCUT2D eigenvalue weighted by Crippen LogP contribution is 2.30. The fourth-order valence-corrected chi connectivity index (χ4v) is 3.12. The van der Waals surface area contributed by atoms with E-state index in [2.05, 4.69) is 30.9 Å². The first kappa shape index (κ1) is 23.4. The van der Waals surface area contributed by atoms with Crippen LogP contribution in [0.15, 0.2) is 72.8 Å². The third kappa shape index (κ3) is 5.25. The monoisotopic (exact) mass is 489 g/mol. The molecule has 0 unspecified atom stereocenters. The zero-order valence-electron chi connectivity index (χ0n) is 18.1. The van der Waals surface area contributed by atoms with Crippen molar-refractivity contribution in [2.75, 3.05) is 16.0 Å². The molecule has 0 saturated carbocycles. The predicted molar refractivity (Wildman–Crippen MR) is 129 cm³/mol. The van der Waals surface area contributed by atoms with Crippen molar-refractivity contribution in [1.29, 1.82) is 0 Å². The fraction of sp³-hybridized carbons (Fsp3) is 0. The lowest BCUT2D eigenvalue weighted by atomic mass is 10.2. The minimum absolute atomic E-state index is 0.0713. The average Bonchev–Trinajstić information content (AvgIpc) is 2.84. The van der Waals surface area contributed by atoms with Crippen LogP contribution in [0.5, 0.6) is 0 Å². The summed E-state index contributed by atoms with van der Waals surface area (Å²) in [6.45, 7) is 0. The first-order valence-corrected chi connectivity index (χ1v) is 10.1. The number of anilines is 6. The first-order valence-electron chi connectivity index (χ1n) is 10.1. The zero-order chi connectivity index (χ0) is 25.7. The van der Waals surface area contributed by atoms with Crippen LogP contribution < -0.4 is 16.0 Å². The molecule has 1 aromatic heterocycles. The van der Waals surface area contributed by atoms with E-state index in [-0.39, 0.29) is 52.0 Å². The molecule has 15 heteroatoms. The van der Waals surface area contributed by atoms with Crippen molar-refractivity contribution in [1.82, 2.24) is 15.0 Å². The highest BCUT2D eigenvalue weighted by molar-refractivity contribution is 5.71. The van der Waals surface area contributed by atoms with Crippen LogP contribution in [0, 0.1) is 30.3 Å². The third-order valence-electron chi connectivity index (χ3n) is 4.68. The first-order chi connectivity index (χ1) is 17.3. The molecule has 0 aliphatic heterocycles. The van der Waals surface area contributed by atoms with Crippen LogP contribution in [0.25, 0.3) is 0 Å². The molecular formula is C21H15N9O6. The lowest BCUT2D eigenvalue weighted by molar-refractivity contribution is -0.384. The molecule has 0 radical (unpaired) electrons. The number of aromatic nitrogens is 3. The second-order valence-corrected chi connectivity index (χ2v) is 7.00. The molecule has 4 aromatic rings. The maximum Gasteiger partial charge on any atom is 0.292 e. The number of rotatable bonds is 9. The van der Waals surface area contributed by atoms with Crippen LogP contribution in [0.1, 0.15) is 0 Å². The van der Waals surface area contributed by atoms with Gasteiger partial charge in [0.1, 0.15) is 17.1 Å². The zero-order valence-corrected chi connectivity index (χ0v) is 18.1. The summed E-state index contributed by atoms with van der Waals surface area (Å²) in [5, 5.41) is 42.4. The Morgan fingerprint density at radius 3 is 0.972 bits per heavy atom. The summed E-state index contributed by atoms with van der Waals surface area (Å²) in [5.74, 6) is -0.496. The maximum atomic E-state index is 11.4. The largest absolute Gasteiger partial charge is 0.318 e. The summed E-state index contributed by atoms with van der Waals surface area (Å²) in [4.78, 5) is 44.9. The van der Waals surface area contributed by atoms with Crippen molar-refractivity contribution in [3.05, 3.63) is 103 Å². The molecule has 0 saturated heterocycles. The topological polar surface area (TPSA) is 204 Å². The second kappa shape index (κ2) is 10.0. The molecule has 3 N–H and O–H groups in total. The van der Waals surface area contributed by atoms with E-state index in [1.807, 2.05) is 0 Å². The average molecular weight is 489 g/mol. The van der Waals surface area contributed by atoms with E-state index in [0.29, 0.717) is 0 Å². The van der Waals surface area contributed by atoms with Gasteiger partial charge in [-0.25, -0.2) is 0 Å². The van der Waals surface area contributed by atoms with Crippen LogP contribution in [0.2, 0.25) is 0 Å². The van der Waals surface area contributed by atoms with Crippen LogP contribution >= 0.6 is 0 Å². The van der Waals surface area contributed by atoms with Gasteiger partial charge in [0.2, 0.25) is 17.8 Å². The fourth-order valence-electron chi connectivity index (χ4n) is 3.12. The number of benzene rings is 3. The summed E-state index contributed by atoms with van der Waals surface area (Å²) >= 11 is 0. The van der Waals surface area contributed by atoms with Crippen molar-refractivity contribution in [3.63, 3.8) is 0 Å². The number of hydrogen-bond donors (Lipinski definition) is 3. The highest BCUT2D eigenvalue weighted by Gasteiger charge is 2.19. The minimum atomic E-state index is -0.595. The van der Waals surface area contributed by atoms with Crippen LogP contribution in [-0.2, 0) is 0 Å². The Morgan fingerprint density at radius 1 is 0.472 bits per heavy atom. The molecule has 0 bridgehead atoms. The maximum absolute atomic E-state index is 11.4. The summed E-state index contributed by atoms with van der Waals surface area (Å²) < 4.78 is 0. The van der Waals surface area contributed by atoms with Crippen molar-refractivity contribution in [3.8, 4) is 0 Å². The van der Waals surface area contributed by atoms with Gasteiger partial charge in [0.05, 0.1) is 14.8 Å². The molecule has 0 aliphatic carbocycles. The smallest absolute Gasteiger partial charge is 0.292 e. The highest BCUT2D eigenvalue weighted by atomic mass is 16.6. The van der Waals surface area contributed by atoms with E-state index < -0.39 is 14.8 Å². The number of para-hydroxylation sites is 6. The lowest BCUT2D eigenvalue weighted by Crippen LogP contribution is -2.09. The van der Waals surface area contributed by atoms with Crippen LogP contribution in [0.3, 0.4) is 0 Å². The number of hydrogen-bond acceptors (Lipinski definition) is 12. The van der Waals surface area contributed by atoms with E-state index >= 15 is 0 Å². The van der Waals surface area contributed by atoms with E-state index in [1.54, 1.807) is 18.2 Å². The van der Waals surface area contributed by atoms with Crippen LogP contribution in [-0.4, -0.2) is 29.7 Å². The van der Waals surface area contributed by atoms with E-state index in [9.17, 15) is 30.3 Å². The Balaban J connectivity index is 1.77. The number of nitrogens with zero attached hydrogens (tertiary/aromatic N) is 6. The summed E-state index contributed by atoms with van der Waals surface area (Å²) in [7, 11) is 0. The van der Waals surface area contributed by atoms with Gasteiger partial charge in [0.25, 0.3) is 17.1 Å². The molecule has 36 heavy (non-hydrogen) atoms. The van der Waals surface area contributed by atoms with Gasteiger partial charge in [0.15, 0.2) is 0 Å². The molecule has 0 atom stereocenters. The van der Waals surface area contributed by atoms with E-state index in [0.717, 1.165) is 0 Å². The number of nitrogens with one attached hydrogen (secondary N) is 3. The van der Waals surface area contributed by atoms with Crippen molar-refractivity contribution >= 4 is 52.0 Å². The molecule has 0 spiro atoms. The molecule has 4 rings (SSSR count). The van der Waals surface area contributed by atoms with Gasteiger partial charge in [0, 0.05) is 18.2 Å². The Morgan fingerprint density at radius 2 is 0.722 bits per heavy atom. The van der Waals surface area contributed by atoms with Gasteiger partial charge >= 0.3 is 0 Å². The van der Waals surface area contributed by atoms with E-state index in [4.69, 9.17) is 0 Å². The molecule has 0 amide bonds. The summed E-state index contributed by atoms with van der Waals surface area (Å²) in [6.07, 6.45) is 0. The second-order valence-electron chi connectivity index (χ2n) is 7.00. The Labute approximate surface area is 201 Å². The van der Waals surface area contributed by atoms with Gasteiger partial charge in [-0.15, -0.1) is 0 Å². The molecule has 0 aliphatic rings. The molecule has 0 fully saturated rings. The predicted octanol–water partition coefficient (Wildman–Crippen LogP) is 4.83. The van der Waals surface area contributed by atoms with Crippen molar-refractivity contribution in [2.24, 2.45) is 0 Å². The lowest BCUT2D eigenvalue weighted by Gasteiger charge is -2.12. The van der Waals surface area contributed by atoms with Gasteiger partial charge in [-0.3, -0.25) is 30.3 Å². The Kier molecular flexibility index (Phi) is 6.53. The standard InChI is InChI=1S/C21H15N9O6/c31-28(32)16-10-4-1-7-13(16)22-19-25-20(23-14-8-2-5-11-17(14)29(33)34)27-21(26-19)24-15-9-3-6-12-18(15)30(35)36/h1-12H,(H3,22,23,24,25,26,27). The normalized spacial score (nSPS) is 10.3. The molecule has 1 heterocycles. The Bertz CT molecular complexity index is 1290. The van der Waals surface area contributed by atoms with Gasteiger partial charge in [-0.2, -0.15) is 15.0 Å². The number of nitro benzene ring substituents is 3. The molecule has 3 aromatic carbocycles. The quantitative estimate of drug-likeness (QED) is 0.214. The van der Waals surface area contributed by atoms with Crippen LogP contribution in [0.4, 0.5) is 52.0 Å². The number of nitro groups is 3. The molecule has 180 valence electrons. The van der Waals surface area contributed by atoms with Gasteiger partial charge in [-0.05, 0) is 18.2 Å². The molecular weight excluding hydrogens is 474 g/mol. The van der Waals surface area contributed by atoms with Crippen molar-refractivity contribution in [2.45, 2.75) is 0 Å². The Hall–Kier alpha value is -5.73. The third-order valence-corrected chi connectivity index (χ3v) is 4.68. The summed E-state index contributed by atoms with van der Waals surface area (Å²) in [6, 6.07) is 17.3. The SMILES string of the molecule is O=[N+]([O-])c1ccccc1Nc1nc(Nc2ccccc2[N+](=O)[O-])nc(Nc2ccccc2[N+](=O)[O-])n1.